The van der Waals surface area contributed by atoms with Gasteiger partial charge in [-0.05, 0) is 35.9 Å². The maximum absolute atomic E-state index is 11.4. The lowest BCUT2D eigenvalue weighted by Crippen LogP contribution is -2.03. The van der Waals surface area contributed by atoms with Gasteiger partial charge in [0.1, 0.15) is 5.75 Å². The minimum Gasteiger partial charge on any atom is -0.497 e. The number of benzene rings is 2. The van der Waals surface area contributed by atoms with Gasteiger partial charge in [-0.2, -0.15) is 5.10 Å². The molecule has 7 heteroatoms. The van der Waals surface area contributed by atoms with Gasteiger partial charge >= 0.3 is 11.9 Å². The highest BCUT2D eigenvalue weighted by Crippen LogP contribution is 2.26. The predicted molar refractivity (Wildman–Crippen MR) is 103 cm³/mol. The zero-order valence-corrected chi connectivity index (χ0v) is 15.6. The molecule has 0 saturated heterocycles. The summed E-state index contributed by atoms with van der Waals surface area (Å²) in [4.78, 5) is 22.3. The minimum absolute atomic E-state index is 0.0373. The number of rotatable bonds is 7. The quantitative estimate of drug-likeness (QED) is 0.632. The van der Waals surface area contributed by atoms with E-state index in [0.29, 0.717) is 24.5 Å². The van der Waals surface area contributed by atoms with Crippen LogP contribution in [0.15, 0.2) is 54.6 Å². The third-order valence-corrected chi connectivity index (χ3v) is 4.19. The second-order valence-electron chi connectivity index (χ2n) is 6.12. The fraction of sp³-hybridized carbons (Fsp3) is 0.190. The number of aromatic carboxylic acids is 1. The summed E-state index contributed by atoms with van der Waals surface area (Å²) in [6, 6.07) is 16.4. The normalized spacial score (nSPS) is 10.5. The molecule has 1 N–H and O–H groups in total. The molecular weight excluding hydrogens is 360 g/mol. The summed E-state index contributed by atoms with van der Waals surface area (Å²) in [6.07, 6.45) is 0.609. The number of carbonyl (C=O) groups is 2. The van der Waals surface area contributed by atoms with E-state index in [1.807, 2.05) is 36.4 Å². The van der Waals surface area contributed by atoms with Gasteiger partial charge in [0, 0.05) is 18.9 Å². The van der Waals surface area contributed by atoms with Gasteiger partial charge in [0.2, 0.25) is 0 Å². The second kappa shape index (κ2) is 8.39. The van der Waals surface area contributed by atoms with Crippen LogP contribution in [0.25, 0.3) is 16.9 Å². The molecule has 0 radical (unpaired) electrons. The summed E-state index contributed by atoms with van der Waals surface area (Å²) >= 11 is 0. The smallest absolute Gasteiger partial charge is 0.356 e. The SMILES string of the molecule is COc1ccc(-n2nc(C(=O)O)cc2-c2ccc(CCOC(C)=O)cc2)cc1. The van der Waals surface area contributed by atoms with E-state index in [1.165, 1.54) is 6.92 Å². The first-order valence-corrected chi connectivity index (χ1v) is 8.68. The van der Waals surface area contributed by atoms with Crippen molar-refractivity contribution in [2.45, 2.75) is 13.3 Å². The molecule has 0 amide bonds. The largest absolute Gasteiger partial charge is 0.497 e. The van der Waals surface area contributed by atoms with E-state index in [4.69, 9.17) is 9.47 Å². The standard InChI is InChI=1S/C21H20N2O5/c1-14(24)28-12-11-15-3-5-16(6-4-15)20-13-19(21(25)26)22-23(20)17-7-9-18(27-2)10-8-17/h3-10,13H,11-12H2,1-2H3,(H,25,26). The lowest BCUT2D eigenvalue weighted by atomic mass is 10.1. The van der Waals surface area contributed by atoms with Crippen LogP contribution in [0.4, 0.5) is 0 Å². The molecular formula is C21H20N2O5. The van der Waals surface area contributed by atoms with Gasteiger partial charge in [-0.1, -0.05) is 24.3 Å². The molecule has 0 aliphatic heterocycles. The van der Waals surface area contributed by atoms with Crippen LogP contribution in [0.5, 0.6) is 5.75 Å². The zero-order valence-electron chi connectivity index (χ0n) is 15.6. The van der Waals surface area contributed by atoms with Gasteiger partial charge in [0.25, 0.3) is 0 Å². The molecule has 144 valence electrons. The van der Waals surface area contributed by atoms with E-state index in [0.717, 1.165) is 16.8 Å². The predicted octanol–water partition coefficient (Wildman–Crippen LogP) is 3.35. The van der Waals surface area contributed by atoms with Crippen LogP contribution >= 0.6 is 0 Å². The Balaban J connectivity index is 1.91. The minimum atomic E-state index is -1.09. The average Bonchev–Trinajstić information content (AvgIpc) is 3.14. The summed E-state index contributed by atoms with van der Waals surface area (Å²) in [5, 5.41) is 13.6. The van der Waals surface area contributed by atoms with Crippen molar-refractivity contribution < 1.29 is 24.2 Å². The first kappa shape index (κ1) is 19.2. The number of nitrogens with zero attached hydrogens (tertiary/aromatic N) is 2. The van der Waals surface area contributed by atoms with Crippen molar-refractivity contribution in [2.75, 3.05) is 13.7 Å². The van der Waals surface area contributed by atoms with Crippen molar-refractivity contribution >= 4 is 11.9 Å². The van der Waals surface area contributed by atoms with E-state index < -0.39 is 5.97 Å². The van der Waals surface area contributed by atoms with Gasteiger partial charge in [-0.25, -0.2) is 9.48 Å². The van der Waals surface area contributed by atoms with E-state index >= 15 is 0 Å². The van der Waals surface area contributed by atoms with Gasteiger partial charge in [-0.3, -0.25) is 4.79 Å². The van der Waals surface area contributed by atoms with E-state index in [2.05, 4.69) is 5.10 Å². The van der Waals surface area contributed by atoms with Gasteiger partial charge in [0.15, 0.2) is 5.69 Å². The molecule has 0 aliphatic rings. The highest BCUT2D eigenvalue weighted by Gasteiger charge is 2.16. The van der Waals surface area contributed by atoms with Crippen LogP contribution < -0.4 is 4.74 Å². The van der Waals surface area contributed by atoms with Crippen molar-refractivity contribution in [3.63, 3.8) is 0 Å². The van der Waals surface area contributed by atoms with Crippen molar-refractivity contribution in [3.05, 3.63) is 65.9 Å². The number of hydrogen-bond acceptors (Lipinski definition) is 5. The molecule has 0 fully saturated rings. The van der Waals surface area contributed by atoms with Crippen LogP contribution in [-0.2, 0) is 16.0 Å². The highest BCUT2D eigenvalue weighted by molar-refractivity contribution is 5.87. The zero-order chi connectivity index (χ0) is 20.1. The third-order valence-electron chi connectivity index (χ3n) is 4.19. The Morgan fingerprint density at radius 3 is 2.32 bits per heavy atom. The number of methoxy groups -OCH3 is 1. The molecule has 0 aliphatic carbocycles. The molecule has 0 spiro atoms. The second-order valence-corrected chi connectivity index (χ2v) is 6.12. The topological polar surface area (TPSA) is 90.7 Å². The fourth-order valence-corrected chi connectivity index (χ4v) is 2.77. The third kappa shape index (κ3) is 4.37. The average molecular weight is 380 g/mol. The molecule has 2 aromatic carbocycles. The number of ether oxygens (including phenoxy) is 2. The van der Waals surface area contributed by atoms with Crippen LogP contribution in [0, 0.1) is 0 Å². The van der Waals surface area contributed by atoms with Crippen molar-refractivity contribution in [1.82, 2.24) is 9.78 Å². The molecule has 0 saturated carbocycles. The molecule has 28 heavy (non-hydrogen) atoms. The molecule has 1 aromatic heterocycles. The van der Waals surface area contributed by atoms with Crippen LogP contribution in [0.3, 0.4) is 0 Å². The maximum Gasteiger partial charge on any atom is 0.356 e. The van der Waals surface area contributed by atoms with Crippen molar-refractivity contribution in [1.29, 1.82) is 0 Å². The molecule has 1 heterocycles. The Bertz CT molecular complexity index is 975. The maximum atomic E-state index is 11.4. The van der Waals surface area contributed by atoms with Crippen molar-refractivity contribution in [3.8, 4) is 22.7 Å². The lowest BCUT2D eigenvalue weighted by Gasteiger charge is -2.09. The molecule has 3 aromatic rings. The summed E-state index contributed by atoms with van der Waals surface area (Å²) in [5.74, 6) is -0.694. The summed E-state index contributed by atoms with van der Waals surface area (Å²) in [5.41, 5.74) is 3.19. The Morgan fingerprint density at radius 2 is 1.75 bits per heavy atom. The Labute approximate surface area is 162 Å². The van der Waals surface area contributed by atoms with E-state index in [-0.39, 0.29) is 11.7 Å². The number of carboxylic acid groups (broad SMARTS) is 1. The summed E-state index contributed by atoms with van der Waals surface area (Å²) in [6.45, 7) is 1.70. The van der Waals surface area contributed by atoms with Gasteiger partial charge < -0.3 is 14.6 Å². The van der Waals surface area contributed by atoms with Gasteiger partial charge in [0.05, 0.1) is 25.1 Å². The Morgan fingerprint density at radius 1 is 1.07 bits per heavy atom. The lowest BCUT2D eigenvalue weighted by molar-refractivity contribution is -0.140. The first-order chi connectivity index (χ1) is 13.5. The molecule has 3 rings (SSSR count). The number of carbonyl (C=O) groups excluding carboxylic acids is 1. The van der Waals surface area contributed by atoms with E-state index in [9.17, 15) is 14.7 Å². The van der Waals surface area contributed by atoms with Crippen LogP contribution in [-0.4, -0.2) is 40.5 Å². The summed E-state index contributed by atoms with van der Waals surface area (Å²) in [7, 11) is 1.58. The van der Waals surface area contributed by atoms with Crippen LogP contribution in [0.2, 0.25) is 0 Å². The number of esters is 1. The molecule has 7 nitrogen and oxygen atoms in total. The molecule has 0 atom stereocenters. The monoisotopic (exact) mass is 380 g/mol. The highest BCUT2D eigenvalue weighted by atomic mass is 16.5. The number of carboxylic acids is 1. The van der Waals surface area contributed by atoms with Crippen molar-refractivity contribution in [2.24, 2.45) is 0 Å². The summed E-state index contributed by atoms with van der Waals surface area (Å²) < 4.78 is 11.7. The van der Waals surface area contributed by atoms with E-state index in [1.54, 1.807) is 30.0 Å². The fourth-order valence-electron chi connectivity index (χ4n) is 2.77. The molecule has 0 bridgehead atoms. The van der Waals surface area contributed by atoms with Crippen LogP contribution in [0.1, 0.15) is 23.0 Å². The number of aromatic nitrogens is 2. The Kier molecular flexibility index (Phi) is 5.74. The van der Waals surface area contributed by atoms with Gasteiger partial charge in [-0.15, -0.1) is 0 Å². The molecule has 0 unspecified atom stereocenters. The first-order valence-electron chi connectivity index (χ1n) is 8.68. The number of hydrogen-bond donors (Lipinski definition) is 1. The Hall–Kier alpha value is -3.61.